The molecule has 6 N–H and O–H groups in total. The summed E-state index contributed by atoms with van der Waals surface area (Å²) >= 11 is 0. The Balaban J connectivity index is 0.000000727. The molecule has 266 valence electrons. The molecule has 1 saturated carbocycles. The first-order chi connectivity index (χ1) is 23.8. The molecule has 0 aromatic heterocycles. The number of benzene rings is 3. The predicted molar refractivity (Wildman–Crippen MR) is 171 cm³/mol. The lowest BCUT2D eigenvalue weighted by atomic mass is 10.1. The Hall–Kier alpha value is -5.52. The van der Waals surface area contributed by atoms with Gasteiger partial charge in [0.1, 0.15) is 5.75 Å². The second-order valence-corrected chi connectivity index (χ2v) is 11.0. The van der Waals surface area contributed by atoms with E-state index >= 15 is 0 Å². The quantitative estimate of drug-likeness (QED) is 0.130. The van der Waals surface area contributed by atoms with Gasteiger partial charge < -0.3 is 40.3 Å². The molecule has 2 aliphatic rings. The van der Waals surface area contributed by atoms with Crippen LogP contribution in [-0.4, -0.2) is 84.8 Å². The fourth-order valence-corrected chi connectivity index (χ4v) is 4.54. The lowest BCUT2D eigenvalue weighted by Gasteiger charge is -2.24. The predicted octanol–water partition coefficient (Wildman–Crippen LogP) is 3.34. The van der Waals surface area contributed by atoms with Gasteiger partial charge in [0.05, 0.1) is 25.5 Å². The first kappa shape index (κ1) is 37.3. The normalized spacial score (nSPS) is 13.4. The molecule has 50 heavy (non-hydrogen) atoms. The zero-order valence-electron chi connectivity index (χ0n) is 26.5. The summed E-state index contributed by atoms with van der Waals surface area (Å²) in [5.74, 6) is 1.75. The Labute approximate surface area is 283 Å². The van der Waals surface area contributed by atoms with E-state index in [1.54, 1.807) is 54.6 Å². The molecule has 0 bridgehead atoms. The van der Waals surface area contributed by atoms with Gasteiger partial charge in [0.25, 0.3) is 23.6 Å². The number of ether oxygens (including phenoxy) is 2. The zero-order chi connectivity index (χ0) is 36.3. The van der Waals surface area contributed by atoms with Crippen LogP contribution in [0.15, 0.2) is 66.7 Å². The summed E-state index contributed by atoms with van der Waals surface area (Å²) < 4.78 is 42.5. The van der Waals surface area contributed by atoms with Gasteiger partial charge in [0.2, 0.25) is 0 Å². The van der Waals surface area contributed by atoms with E-state index < -0.39 is 12.1 Å². The van der Waals surface area contributed by atoms with Crippen LogP contribution in [0.4, 0.5) is 24.5 Å². The van der Waals surface area contributed by atoms with Crippen molar-refractivity contribution in [3.8, 4) is 5.75 Å². The van der Waals surface area contributed by atoms with Gasteiger partial charge in [-0.25, -0.2) is 10.7 Å². The van der Waals surface area contributed by atoms with E-state index in [2.05, 4.69) is 20.8 Å². The molecule has 0 unspecified atom stereocenters. The van der Waals surface area contributed by atoms with Gasteiger partial charge in [0.15, 0.2) is 6.61 Å². The SMILES string of the molecule is NOCCOCCNC(=O)c1ccc(NC(=O)c2ccc(CN(C(=O)c3ccc4c(c3)OCC(=O)N4)C3CC3)cc2)cc1.O=C(O)C(F)(F)F. The van der Waals surface area contributed by atoms with Crippen molar-refractivity contribution in [3.05, 3.63) is 89.0 Å². The van der Waals surface area contributed by atoms with Gasteiger partial charge in [-0.15, -0.1) is 0 Å². The molecule has 0 atom stereocenters. The van der Waals surface area contributed by atoms with Crippen LogP contribution in [0.25, 0.3) is 0 Å². The average Bonchev–Trinajstić information content (AvgIpc) is 3.94. The first-order valence-corrected chi connectivity index (χ1v) is 15.2. The number of hydrogen-bond acceptors (Lipinski definition) is 9. The number of nitrogens with zero attached hydrogens (tertiary/aromatic N) is 1. The van der Waals surface area contributed by atoms with E-state index in [4.69, 9.17) is 25.3 Å². The lowest BCUT2D eigenvalue weighted by molar-refractivity contribution is -0.192. The van der Waals surface area contributed by atoms with Gasteiger partial charge in [-0.1, -0.05) is 12.1 Å². The summed E-state index contributed by atoms with van der Waals surface area (Å²) in [6, 6.07) is 18.9. The van der Waals surface area contributed by atoms with Crippen molar-refractivity contribution in [2.45, 2.75) is 31.6 Å². The van der Waals surface area contributed by atoms with Gasteiger partial charge in [-0.2, -0.15) is 13.2 Å². The lowest BCUT2D eigenvalue weighted by Crippen LogP contribution is -2.33. The van der Waals surface area contributed by atoms with Crippen LogP contribution in [0.2, 0.25) is 0 Å². The highest BCUT2D eigenvalue weighted by Gasteiger charge is 2.38. The monoisotopic (exact) mass is 701 g/mol. The summed E-state index contributed by atoms with van der Waals surface area (Å²) in [7, 11) is 0. The molecule has 1 fully saturated rings. The molecule has 0 radical (unpaired) electrons. The molecule has 5 rings (SSSR count). The molecule has 3 aromatic carbocycles. The van der Waals surface area contributed by atoms with Crippen LogP contribution in [0, 0.1) is 0 Å². The molecule has 1 aliphatic carbocycles. The molecule has 3 aromatic rings. The maximum absolute atomic E-state index is 13.4. The van der Waals surface area contributed by atoms with Crippen molar-refractivity contribution in [2.75, 3.05) is 43.6 Å². The number of fused-ring (bicyclic) bond motifs is 1. The second-order valence-electron chi connectivity index (χ2n) is 11.0. The van der Waals surface area contributed by atoms with Crippen molar-refractivity contribution >= 4 is 41.0 Å². The van der Waals surface area contributed by atoms with Crippen LogP contribution in [0.3, 0.4) is 0 Å². The first-order valence-electron chi connectivity index (χ1n) is 15.2. The van der Waals surface area contributed by atoms with Gasteiger partial charge in [0, 0.05) is 41.5 Å². The minimum Gasteiger partial charge on any atom is -0.482 e. The van der Waals surface area contributed by atoms with Crippen LogP contribution in [-0.2, 0) is 25.7 Å². The Morgan fingerprint density at radius 3 is 2.16 bits per heavy atom. The maximum atomic E-state index is 13.4. The third kappa shape index (κ3) is 11.0. The van der Waals surface area contributed by atoms with E-state index in [9.17, 15) is 32.3 Å². The number of carboxylic acid groups (broad SMARTS) is 1. The highest BCUT2D eigenvalue weighted by Crippen LogP contribution is 2.33. The molecular formula is C33H34F3N5O9. The molecule has 14 nitrogen and oxygen atoms in total. The summed E-state index contributed by atoms with van der Waals surface area (Å²) in [6.07, 6.45) is -3.21. The maximum Gasteiger partial charge on any atom is 0.490 e. The molecular weight excluding hydrogens is 667 g/mol. The fraction of sp³-hybridized carbons (Fsp3) is 0.303. The number of halogens is 3. The molecule has 17 heteroatoms. The zero-order valence-corrected chi connectivity index (χ0v) is 26.5. The summed E-state index contributed by atoms with van der Waals surface area (Å²) in [5, 5.41) is 15.4. The third-order valence-electron chi connectivity index (χ3n) is 7.20. The van der Waals surface area contributed by atoms with E-state index in [0.29, 0.717) is 60.1 Å². The molecule has 4 amide bonds. The number of nitrogens with one attached hydrogen (secondary N) is 3. The van der Waals surface area contributed by atoms with Crippen molar-refractivity contribution in [3.63, 3.8) is 0 Å². The Morgan fingerprint density at radius 2 is 1.54 bits per heavy atom. The number of anilines is 2. The number of nitrogens with two attached hydrogens (primary N) is 1. The van der Waals surface area contributed by atoms with Gasteiger partial charge in [-0.05, 0) is 73.0 Å². The van der Waals surface area contributed by atoms with Gasteiger partial charge >= 0.3 is 12.1 Å². The smallest absolute Gasteiger partial charge is 0.482 e. The second kappa shape index (κ2) is 17.2. The number of carbonyl (C=O) groups excluding carboxylic acids is 4. The summed E-state index contributed by atoms with van der Waals surface area (Å²) in [6.45, 7) is 1.62. The van der Waals surface area contributed by atoms with E-state index in [0.717, 1.165) is 18.4 Å². The van der Waals surface area contributed by atoms with Crippen LogP contribution < -0.4 is 26.6 Å². The van der Waals surface area contributed by atoms with E-state index in [-0.39, 0.29) is 42.9 Å². The number of amides is 4. The van der Waals surface area contributed by atoms with Crippen LogP contribution in [0.5, 0.6) is 5.75 Å². The third-order valence-corrected chi connectivity index (χ3v) is 7.20. The number of carboxylic acids is 1. The summed E-state index contributed by atoms with van der Waals surface area (Å²) in [4.78, 5) is 65.2. The van der Waals surface area contributed by atoms with E-state index in [1.165, 1.54) is 0 Å². The van der Waals surface area contributed by atoms with Crippen molar-refractivity contribution < 1.29 is 56.6 Å². The largest absolute Gasteiger partial charge is 0.490 e. The summed E-state index contributed by atoms with van der Waals surface area (Å²) in [5.41, 5.74) is 3.40. The van der Waals surface area contributed by atoms with Crippen molar-refractivity contribution in [2.24, 2.45) is 5.90 Å². The van der Waals surface area contributed by atoms with Crippen molar-refractivity contribution in [1.29, 1.82) is 0 Å². The average molecular weight is 702 g/mol. The molecule has 0 saturated heterocycles. The highest BCUT2D eigenvalue weighted by molar-refractivity contribution is 6.04. The number of rotatable bonds is 13. The molecule has 1 heterocycles. The van der Waals surface area contributed by atoms with Gasteiger partial charge in [-0.3, -0.25) is 19.2 Å². The Morgan fingerprint density at radius 1 is 0.920 bits per heavy atom. The number of hydrogen-bond donors (Lipinski definition) is 5. The number of aliphatic carboxylic acids is 1. The minimum atomic E-state index is -5.08. The van der Waals surface area contributed by atoms with Crippen LogP contribution >= 0.6 is 0 Å². The van der Waals surface area contributed by atoms with Crippen LogP contribution in [0.1, 0.15) is 49.5 Å². The number of carbonyl (C=O) groups is 5. The van der Waals surface area contributed by atoms with Crippen molar-refractivity contribution in [1.82, 2.24) is 10.2 Å². The fourth-order valence-electron chi connectivity index (χ4n) is 4.54. The van der Waals surface area contributed by atoms with E-state index in [1.807, 2.05) is 17.0 Å². The standard InChI is InChI=1S/C31H33N5O7.C2HF3O2/c32-43-16-15-41-14-13-33-29(38)21-5-8-24(9-6-21)34-30(39)22-3-1-20(2-4-22)18-36(25-10-11-25)31(40)23-7-12-26-27(17-23)42-19-28(37)35-26;3-2(4,5)1(6)7/h1-9,12,17,25H,10-11,13-16,18-19,32H2,(H,33,38)(H,34,39)(H,35,37);(H,6,7). The molecule has 0 spiro atoms. The minimum absolute atomic E-state index is 0.0802. The number of alkyl halides is 3. The molecule has 1 aliphatic heterocycles. The Kier molecular flexibility index (Phi) is 12.9. The topological polar surface area (TPSA) is 199 Å². The highest BCUT2D eigenvalue weighted by atomic mass is 19.4. The Bertz CT molecular complexity index is 1680.